The minimum atomic E-state index is -1.42. The van der Waals surface area contributed by atoms with Gasteiger partial charge in [0.1, 0.15) is 13.2 Å². The predicted octanol–water partition coefficient (Wildman–Crippen LogP) is -1.02. The zero-order chi connectivity index (χ0) is 24.8. The van der Waals surface area contributed by atoms with Gasteiger partial charge >= 0.3 is 23.9 Å². The van der Waals surface area contributed by atoms with Gasteiger partial charge in [-0.15, -0.1) is 0 Å². The number of rotatable bonds is 15. The molecule has 0 fully saturated rings. The molecule has 0 unspecified atom stereocenters. The Labute approximate surface area is 186 Å². The summed E-state index contributed by atoms with van der Waals surface area (Å²) in [5.41, 5.74) is 0. The van der Waals surface area contributed by atoms with Gasteiger partial charge in [-0.3, -0.25) is 19.2 Å². The number of aliphatic hydroxyl groups excluding tert-OH is 4. The minimum absolute atomic E-state index is 0.343. The summed E-state index contributed by atoms with van der Waals surface area (Å²) in [4.78, 5) is 47.7. The average molecular weight is 466 g/mol. The van der Waals surface area contributed by atoms with Crippen molar-refractivity contribution in [3.63, 3.8) is 0 Å². The third-order valence-corrected chi connectivity index (χ3v) is 3.65. The Bertz CT molecular complexity index is 547. The number of hydrogen-bond donors (Lipinski definition) is 4. The quantitative estimate of drug-likeness (QED) is 0.170. The Hall–Kier alpha value is -2.28. The molecule has 0 aliphatic carbocycles. The van der Waals surface area contributed by atoms with Gasteiger partial charge in [0, 0.05) is 0 Å². The first kappa shape index (κ1) is 29.7. The number of hydrogen-bond acceptors (Lipinski definition) is 12. The van der Waals surface area contributed by atoms with Crippen molar-refractivity contribution in [3.8, 4) is 0 Å². The second kappa shape index (κ2) is 15.5. The predicted molar refractivity (Wildman–Crippen MR) is 107 cm³/mol. The molecule has 0 aliphatic heterocycles. The van der Waals surface area contributed by atoms with Crippen LogP contribution in [0, 0.1) is 0 Å². The van der Waals surface area contributed by atoms with Crippen molar-refractivity contribution < 1.29 is 58.6 Å². The van der Waals surface area contributed by atoms with Gasteiger partial charge in [0.2, 0.25) is 0 Å². The molecule has 0 amide bonds. The van der Waals surface area contributed by atoms with E-state index in [1.54, 1.807) is 0 Å². The minimum Gasteiger partial charge on any atom is -0.461 e. The van der Waals surface area contributed by atoms with E-state index < -0.39 is 86.6 Å². The van der Waals surface area contributed by atoms with Crippen molar-refractivity contribution in [2.75, 3.05) is 13.2 Å². The molecule has 12 heteroatoms. The van der Waals surface area contributed by atoms with Gasteiger partial charge in [0.15, 0.2) is 12.2 Å². The molecule has 0 heterocycles. The van der Waals surface area contributed by atoms with Gasteiger partial charge in [-0.25, -0.2) is 0 Å². The second-order valence-electron chi connectivity index (χ2n) is 7.64. The van der Waals surface area contributed by atoms with Gasteiger partial charge in [-0.1, -0.05) is 0 Å². The molecule has 0 saturated carbocycles. The molecule has 6 atom stereocenters. The molecule has 0 aromatic heterocycles. The topological polar surface area (TPSA) is 186 Å². The van der Waals surface area contributed by atoms with E-state index in [1.807, 2.05) is 0 Å². The molecule has 0 spiro atoms. The maximum Gasteiger partial charge on any atom is 0.308 e. The molecule has 0 radical (unpaired) electrons. The maximum absolute atomic E-state index is 12.1. The van der Waals surface area contributed by atoms with Crippen LogP contribution in [0.4, 0.5) is 0 Å². The van der Waals surface area contributed by atoms with Crippen molar-refractivity contribution in [2.45, 2.75) is 90.0 Å². The Kier molecular flexibility index (Phi) is 14.4. The molecule has 0 saturated heterocycles. The van der Waals surface area contributed by atoms with Crippen LogP contribution in [0.3, 0.4) is 0 Å². The van der Waals surface area contributed by atoms with Crippen LogP contribution in [-0.4, -0.2) is 94.1 Å². The van der Waals surface area contributed by atoms with E-state index in [1.165, 1.54) is 27.7 Å². The summed E-state index contributed by atoms with van der Waals surface area (Å²) in [7, 11) is 0. The Morgan fingerprint density at radius 3 is 1.03 bits per heavy atom. The van der Waals surface area contributed by atoms with E-state index in [4.69, 9.17) is 18.9 Å². The van der Waals surface area contributed by atoms with Crippen molar-refractivity contribution in [1.29, 1.82) is 0 Å². The van der Waals surface area contributed by atoms with Crippen LogP contribution in [0.15, 0.2) is 0 Å². The summed E-state index contributed by atoms with van der Waals surface area (Å²) in [5.74, 6) is -3.44. The Morgan fingerprint density at radius 1 is 0.531 bits per heavy atom. The fourth-order valence-corrected chi connectivity index (χ4v) is 2.30. The van der Waals surface area contributed by atoms with Gasteiger partial charge in [0.25, 0.3) is 0 Å². The monoisotopic (exact) mass is 466 g/mol. The van der Waals surface area contributed by atoms with Crippen molar-refractivity contribution in [2.24, 2.45) is 0 Å². The molecule has 32 heavy (non-hydrogen) atoms. The standard InChI is InChI=1S/C20H34O12/c1-11(21)5-17(25)29-9-15(31-19(27)7-13(3)23)16(32-20(28)8-14(4)24)10-30-18(26)6-12(2)22/h11-16,21-24H,5-10H2,1-4H3/t11-,12-,13-,14-,15-,16+/m1/s1. The van der Waals surface area contributed by atoms with Crippen molar-refractivity contribution in [3.05, 3.63) is 0 Å². The maximum atomic E-state index is 12.1. The van der Waals surface area contributed by atoms with Gasteiger partial charge < -0.3 is 39.4 Å². The van der Waals surface area contributed by atoms with Crippen LogP contribution >= 0.6 is 0 Å². The summed E-state index contributed by atoms with van der Waals surface area (Å²) in [6.45, 7) is 4.22. The van der Waals surface area contributed by atoms with Crippen LogP contribution in [-0.2, 0) is 38.1 Å². The summed E-state index contributed by atoms with van der Waals surface area (Å²) >= 11 is 0. The normalized spacial score (nSPS) is 16.6. The molecule has 4 N–H and O–H groups in total. The van der Waals surface area contributed by atoms with E-state index in [2.05, 4.69) is 0 Å². The first-order valence-corrected chi connectivity index (χ1v) is 10.2. The first-order valence-electron chi connectivity index (χ1n) is 10.2. The zero-order valence-corrected chi connectivity index (χ0v) is 18.8. The fraction of sp³-hybridized carbons (Fsp3) is 0.800. The molecule has 0 aliphatic rings. The fourth-order valence-electron chi connectivity index (χ4n) is 2.30. The summed E-state index contributed by atoms with van der Waals surface area (Å²) in [6.07, 6.45) is -8.40. The summed E-state index contributed by atoms with van der Waals surface area (Å²) in [5, 5.41) is 37.3. The average Bonchev–Trinajstić information content (AvgIpc) is 2.59. The van der Waals surface area contributed by atoms with Crippen molar-refractivity contribution in [1.82, 2.24) is 0 Å². The van der Waals surface area contributed by atoms with E-state index >= 15 is 0 Å². The summed E-state index contributed by atoms with van der Waals surface area (Å²) < 4.78 is 20.3. The van der Waals surface area contributed by atoms with E-state index in [9.17, 15) is 39.6 Å². The molecular weight excluding hydrogens is 432 g/mol. The highest BCUT2D eigenvalue weighted by Crippen LogP contribution is 2.13. The lowest BCUT2D eigenvalue weighted by Crippen LogP contribution is -2.43. The van der Waals surface area contributed by atoms with E-state index in [0.29, 0.717) is 0 Å². The Morgan fingerprint density at radius 2 is 0.781 bits per heavy atom. The molecular formula is C20H34O12. The SMILES string of the molecule is C[C@@H](O)CC(=O)OC[C@H](OC(=O)C[C@@H](C)O)[C@@H](COC(=O)C[C@@H](C)O)OC(=O)C[C@@H](C)O. The third kappa shape index (κ3) is 15.5. The van der Waals surface area contributed by atoms with E-state index in [-0.39, 0.29) is 12.8 Å². The van der Waals surface area contributed by atoms with E-state index in [0.717, 1.165) is 0 Å². The van der Waals surface area contributed by atoms with Gasteiger partial charge in [-0.2, -0.15) is 0 Å². The highest BCUT2D eigenvalue weighted by molar-refractivity contribution is 5.72. The highest BCUT2D eigenvalue weighted by Gasteiger charge is 2.32. The van der Waals surface area contributed by atoms with Crippen LogP contribution in [0.2, 0.25) is 0 Å². The zero-order valence-electron chi connectivity index (χ0n) is 18.8. The lowest BCUT2D eigenvalue weighted by atomic mass is 10.2. The number of carbonyl (C=O) groups is 4. The number of ether oxygens (including phenoxy) is 4. The highest BCUT2D eigenvalue weighted by atomic mass is 16.6. The van der Waals surface area contributed by atoms with Crippen LogP contribution in [0.25, 0.3) is 0 Å². The molecule has 186 valence electrons. The molecule has 0 rings (SSSR count). The molecule has 0 aromatic rings. The van der Waals surface area contributed by atoms with Crippen molar-refractivity contribution >= 4 is 23.9 Å². The number of esters is 4. The number of aliphatic hydroxyl groups is 4. The van der Waals surface area contributed by atoms with Crippen LogP contribution < -0.4 is 0 Å². The second-order valence-corrected chi connectivity index (χ2v) is 7.64. The van der Waals surface area contributed by atoms with Crippen LogP contribution in [0.5, 0.6) is 0 Å². The molecule has 0 aromatic carbocycles. The molecule has 12 nitrogen and oxygen atoms in total. The van der Waals surface area contributed by atoms with Crippen LogP contribution in [0.1, 0.15) is 53.4 Å². The van der Waals surface area contributed by atoms with Gasteiger partial charge in [-0.05, 0) is 27.7 Å². The lowest BCUT2D eigenvalue weighted by Gasteiger charge is -2.27. The number of carbonyl (C=O) groups excluding carboxylic acids is 4. The van der Waals surface area contributed by atoms with Gasteiger partial charge in [0.05, 0.1) is 50.1 Å². The lowest BCUT2D eigenvalue weighted by molar-refractivity contribution is -0.184. The first-order chi connectivity index (χ1) is 14.8. The Balaban J connectivity index is 5.49. The largest absolute Gasteiger partial charge is 0.461 e. The molecule has 0 bridgehead atoms. The smallest absolute Gasteiger partial charge is 0.308 e. The third-order valence-electron chi connectivity index (χ3n) is 3.65. The summed E-state index contributed by atoms with van der Waals surface area (Å²) in [6, 6.07) is 0.